The van der Waals surface area contributed by atoms with E-state index < -0.39 is 5.97 Å². The molecule has 0 aliphatic carbocycles. The van der Waals surface area contributed by atoms with Crippen LogP contribution in [0.15, 0.2) is 57.6 Å². The molecule has 2 rings (SSSR count). The van der Waals surface area contributed by atoms with Gasteiger partial charge >= 0.3 is 5.97 Å². The van der Waals surface area contributed by atoms with E-state index in [0.29, 0.717) is 15.8 Å². The molecule has 1 aromatic carbocycles. The molecule has 2 aromatic rings. The smallest absolute Gasteiger partial charge is 0.331 e. The highest BCUT2D eigenvalue weighted by atomic mass is 79.9. The van der Waals surface area contributed by atoms with Crippen LogP contribution in [0.5, 0.6) is 0 Å². The number of carbonyl (C=O) groups is 2. The second-order valence-corrected chi connectivity index (χ2v) is 4.71. The van der Waals surface area contributed by atoms with Crippen LogP contribution in [0.3, 0.4) is 0 Å². The molecule has 1 aromatic heterocycles. The summed E-state index contributed by atoms with van der Waals surface area (Å²) >= 11 is 3.27. The maximum atomic E-state index is 11.9. The zero-order chi connectivity index (χ0) is 14.4. The van der Waals surface area contributed by atoms with Gasteiger partial charge < -0.3 is 9.15 Å². The number of rotatable bonds is 5. The van der Waals surface area contributed by atoms with Gasteiger partial charge in [0.05, 0.1) is 6.26 Å². The lowest BCUT2D eigenvalue weighted by molar-refractivity contribution is -0.136. The van der Waals surface area contributed by atoms with E-state index in [2.05, 4.69) is 15.9 Å². The van der Waals surface area contributed by atoms with E-state index in [1.165, 1.54) is 18.4 Å². The van der Waals surface area contributed by atoms with Crippen molar-refractivity contribution in [1.29, 1.82) is 0 Å². The average molecular weight is 335 g/mol. The van der Waals surface area contributed by atoms with Gasteiger partial charge in [-0.1, -0.05) is 34.1 Å². The third-order valence-corrected chi connectivity index (χ3v) is 3.14. The van der Waals surface area contributed by atoms with Gasteiger partial charge in [0, 0.05) is 16.1 Å². The number of halogens is 1. The van der Waals surface area contributed by atoms with Crippen LogP contribution in [-0.2, 0) is 9.53 Å². The lowest BCUT2D eigenvalue weighted by Gasteiger charge is -2.03. The molecule has 0 atom stereocenters. The summed E-state index contributed by atoms with van der Waals surface area (Å²) in [5.41, 5.74) is 0.482. The lowest BCUT2D eigenvalue weighted by atomic mass is 10.1. The molecule has 0 amide bonds. The Labute approximate surface area is 124 Å². The van der Waals surface area contributed by atoms with Crippen LogP contribution in [0.1, 0.15) is 16.1 Å². The van der Waals surface area contributed by atoms with Crippen molar-refractivity contribution in [3.63, 3.8) is 0 Å². The highest BCUT2D eigenvalue weighted by Gasteiger charge is 2.11. The van der Waals surface area contributed by atoms with Crippen molar-refractivity contribution in [3.8, 4) is 0 Å². The molecule has 0 aliphatic rings. The van der Waals surface area contributed by atoms with Crippen molar-refractivity contribution in [2.45, 2.75) is 0 Å². The van der Waals surface area contributed by atoms with E-state index in [1.54, 1.807) is 36.4 Å². The maximum absolute atomic E-state index is 11.9. The fraction of sp³-hybridized carbons (Fsp3) is 0.0667. The second-order valence-electron chi connectivity index (χ2n) is 3.86. The number of Topliss-reactive ketones (excluding diaryl/α,β-unsaturated/α-hetero) is 1. The molecular formula is C15H11BrO4. The number of furan rings is 1. The van der Waals surface area contributed by atoms with Crippen LogP contribution < -0.4 is 0 Å². The van der Waals surface area contributed by atoms with Gasteiger partial charge in [0.25, 0.3) is 0 Å². The summed E-state index contributed by atoms with van der Waals surface area (Å²) in [5.74, 6) is -0.321. The summed E-state index contributed by atoms with van der Waals surface area (Å²) in [6.45, 7) is -0.302. The number of ether oxygens (including phenoxy) is 1. The number of hydrogen-bond donors (Lipinski definition) is 0. The van der Waals surface area contributed by atoms with Crippen molar-refractivity contribution in [3.05, 3.63) is 64.5 Å². The molecule has 0 saturated heterocycles. The fourth-order valence-corrected chi connectivity index (χ4v) is 1.99. The molecule has 0 radical (unpaired) electrons. The SMILES string of the molecule is O=C(/C=C/c1ccco1)OCC(=O)c1ccccc1Br. The molecule has 0 aliphatic heterocycles. The van der Waals surface area contributed by atoms with Gasteiger partial charge in [-0.05, 0) is 24.3 Å². The third-order valence-electron chi connectivity index (χ3n) is 2.45. The molecule has 0 saturated carbocycles. The number of benzene rings is 1. The molecule has 0 spiro atoms. The molecule has 0 N–H and O–H groups in total. The standard InChI is InChI=1S/C15H11BrO4/c16-13-6-2-1-5-12(13)14(17)10-20-15(18)8-7-11-4-3-9-19-11/h1-9H,10H2/b8-7+. The van der Waals surface area contributed by atoms with Crippen molar-refractivity contribution >= 4 is 33.8 Å². The number of hydrogen-bond acceptors (Lipinski definition) is 4. The predicted molar refractivity (Wildman–Crippen MR) is 77.2 cm³/mol. The van der Waals surface area contributed by atoms with E-state index in [9.17, 15) is 9.59 Å². The monoisotopic (exact) mass is 334 g/mol. The van der Waals surface area contributed by atoms with Gasteiger partial charge in [-0.2, -0.15) is 0 Å². The van der Waals surface area contributed by atoms with E-state index in [-0.39, 0.29) is 12.4 Å². The quantitative estimate of drug-likeness (QED) is 0.477. The van der Waals surface area contributed by atoms with Crippen molar-refractivity contribution in [2.75, 3.05) is 6.61 Å². The summed E-state index contributed by atoms with van der Waals surface area (Å²) in [5, 5.41) is 0. The van der Waals surface area contributed by atoms with Gasteiger partial charge in [0.15, 0.2) is 6.61 Å². The topological polar surface area (TPSA) is 56.5 Å². The Morgan fingerprint density at radius 3 is 2.70 bits per heavy atom. The van der Waals surface area contributed by atoms with E-state index in [4.69, 9.17) is 9.15 Å². The molecule has 102 valence electrons. The van der Waals surface area contributed by atoms with Crippen LogP contribution in [0.2, 0.25) is 0 Å². The highest BCUT2D eigenvalue weighted by molar-refractivity contribution is 9.10. The Balaban J connectivity index is 1.87. The summed E-state index contributed by atoms with van der Waals surface area (Å²) in [7, 11) is 0. The van der Waals surface area contributed by atoms with Gasteiger partial charge in [-0.25, -0.2) is 4.79 Å². The minimum atomic E-state index is -0.596. The van der Waals surface area contributed by atoms with E-state index in [0.717, 1.165) is 0 Å². The summed E-state index contributed by atoms with van der Waals surface area (Å²) in [6, 6.07) is 10.4. The van der Waals surface area contributed by atoms with Gasteiger partial charge in [0.2, 0.25) is 5.78 Å². The fourth-order valence-electron chi connectivity index (χ4n) is 1.49. The molecule has 0 fully saturated rings. The van der Waals surface area contributed by atoms with Crippen LogP contribution in [0.4, 0.5) is 0 Å². The van der Waals surface area contributed by atoms with Crippen molar-refractivity contribution < 1.29 is 18.7 Å². The molecule has 1 heterocycles. The zero-order valence-electron chi connectivity index (χ0n) is 10.4. The van der Waals surface area contributed by atoms with Crippen molar-refractivity contribution in [2.24, 2.45) is 0 Å². The van der Waals surface area contributed by atoms with E-state index >= 15 is 0 Å². The lowest BCUT2D eigenvalue weighted by Crippen LogP contribution is -2.12. The van der Waals surface area contributed by atoms with Crippen LogP contribution in [0, 0.1) is 0 Å². The van der Waals surface area contributed by atoms with E-state index in [1.807, 2.05) is 0 Å². The first kappa shape index (κ1) is 14.3. The maximum Gasteiger partial charge on any atom is 0.331 e. The molecule has 0 unspecified atom stereocenters. The molecule has 20 heavy (non-hydrogen) atoms. The number of ketones is 1. The first-order valence-electron chi connectivity index (χ1n) is 5.83. The first-order chi connectivity index (χ1) is 9.66. The van der Waals surface area contributed by atoms with Crippen LogP contribution in [-0.4, -0.2) is 18.4 Å². The molecular weight excluding hydrogens is 324 g/mol. The largest absolute Gasteiger partial charge is 0.465 e. The van der Waals surface area contributed by atoms with Gasteiger partial charge in [-0.15, -0.1) is 0 Å². The van der Waals surface area contributed by atoms with Crippen molar-refractivity contribution in [1.82, 2.24) is 0 Å². The van der Waals surface area contributed by atoms with Gasteiger partial charge in [-0.3, -0.25) is 4.79 Å². The zero-order valence-corrected chi connectivity index (χ0v) is 12.0. The minimum Gasteiger partial charge on any atom is -0.465 e. The minimum absolute atomic E-state index is 0.266. The Morgan fingerprint density at radius 2 is 2.00 bits per heavy atom. The van der Waals surface area contributed by atoms with Crippen LogP contribution in [0.25, 0.3) is 6.08 Å². The molecule has 4 nitrogen and oxygen atoms in total. The third kappa shape index (κ3) is 3.93. The Morgan fingerprint density at radius 1 is 1.20 bits per heavy atom. The number of carbonyl (C=O) groups excluding carboxylic acids is 2. The average Bonchev–Trinajstić information content (AvgIpc) is 2.96. The molecule has 5 heteroatoms. The summed E-state index contributed by atoms with van der Waals surface area (Å²) in [6.07, 6.45) is 4.19. The normalized spacial score (nSPS) is 10.7. The molecule has 0 bridgehead atoms. The Hall–Kier alpha value is -2.14. The van der Waals surface area contributed by atoms with Crippen LogP contribution >= 0.6 is 15.9 Å². The first-order valence-corrected chi connectivity index (χ1v) is 6.62. The predicted octanol–water partition coefficient (Wildman–Crippen LogP) is 3.48. The summed E-state index contributed by atoms with van der Waals surface area (Å²) in [4.78, 5) is 23.3. The second kappa shape index (κ2) is 6.86. The highest BCUT2D eigenvalue weighted by Crippen LogP contribution is 2.16. The Bertz CT molecular complexity index is 629. The number of esters is 1. The van der Waals surface area contributed by atoms with Gasteiger partial charge in [0.1, 0.15) is 5.76 Å². The Kier molecular flexibility index (Phi) is 4.90. The summed E-state index contributed by atoms with van der Waals surface area (Å²) < 4.78 is 10.6.